The fourth-order valence-corrected chi connectivity index (χ4v) is 7.84. The molecule has 232 valence electrons. The summed E-state index contributed by atoms with van der Waals surface area (Å²) in [5.41, 5.74) is 7.31. The van der Waals surface area contributed by atoms with Crippen LogP contribution in [0.15, 0.2) is 35.6 Å². The summed E-state index contributed by atoms with van der Waals surface area (Å²) in [6.45, 7) is 3.13. The van der Waals surface area contributed by atoms with Gasteiger partial charge in [-0.1, -0.05) is 17.3 Å². The summed E-state index contributed by atoms with van der Waals surface area (Å²) < 4.78 is 34.8. The zero-order chi connectivity index (χ0) is 31.0. The van der Waals surface area contributed by atoms with Gasteiger partial charge in [0.15, 0.2) is 10.8 Å². The average Bonchev–Trinajstić information content (AvgIpc) is 3.78. The van der Waals surface area contributed by atoms with Gasteiger partial charge in [0.1, 0.15) is 5.84 Å². The fraction of sp³-hybridized carbons (Fsp3) is 0.423. The first-order valence-electron chi connectivity index (χ1n) is 13.9. The summed E-state index contributed by atoms with van der Waals surface area (Å²) in [6, 6.07) is 4.83. The number of carbonyl (C=O) groups excluding carboxylic acids is 2. The molecule has 1 aromatic carbocycles. The van der Waals surface area contributed by atoms with Crippen LogP contribution >= 0.6 is 11.3 Å². The largest absolute Gasteiger partial charge is 0.451 e. The number of thiazole rings is 1. The summed E-state index contributed by atoms with van der Waals surface area (Å²) in [5, 5.41) is 19.1. The van der Waals surface area contributed by atoms with Crippen molar-refractivity contribution in [3.05, 3.63) is 57.6 Å². The van der Waals surface area contributed by atoms with E-state index in [9.17, 15) is 18.0 Å². The molecule has 44 heavy (non-hydrogen) atoms. The minimum atomic E-state index is -4.00. The van der Waals surface area contributed by atoms with Crippen molar-refractivity contribution >= 4 is 50.2 Å². The predicted molar refractivity (Wildman–Crippen MR) is 160 cm³/mol. The number of ether oxygens (including phenoxy) is 1. The van der Waals surface area contributed by atoms with E-state index in [0.717, 1.165) is 21.0 Å². The first-order chi connectivity index (χ1) is 21.1. The Morgan fingerprint density at radius 2 is 2.05 bits per heavy atom. The number of nitrogens with zero attached hydrogens (tertiary/aromatic N) is 8. The molecule has 4 N–H and O–H groups in total. The Hall–Kier alpha value is -4.26. The predicted octanol–water partition coefficient (Wildman–Crippen LogP) is 0.669. The van der Waals surface area contributed by atoms with E-state index in [-0.39, 0.29) is 37.4 Å². The number of amides is 2. The van der Waals surface area contributed by atoms with Crippen LogP contribution < -0.4 is 11.1 Å². The van der Waals surface area contributed by atoms with Crippen LogP contribution in [0.4, 0.5) is 4.79 Å². The minimum absolute atomic E-state index is 0.0496. The molecule has 2 aliphatic heterocycles. The number of methoxy groups -OCH3 is 1. The first-order valence-corrected chi connectivity index (χ1v) is 16.1. The number of aliphatic imine (C=N–C) groups is 1. The highest BCUT2D eigenvalue weighted by atomic mass is 32.2. The second-order valence-electron chi connectivity index (χ2n) is 10.7. The van der Waals surface area contributed by atoms with Gasteiger partial charge >= 0.3 is 16.3 Å². The van der Waals surface area contributed by atoms with Crippen molar-refractivity contribution in [2.75, 3.05) is 26.7 Å². The molecule has 18 heteroatoms. The van der Waals surface area contributed by atoms with E-state index in [4.69, 9.17) is 5.73 Å². The zero-order valence-corrected chi connectivity index (χ0v) is 25.6. The lowest BCUT2D eigenvalue weighted by molar-refractivity contribution is 0.0549. The molecule has 4 aromatic rings. The van der Waals surface area contributed by atoms with Crippen LogP contribution in [0.25, 0.3) is 10.8 Å². The minimum Gasteiger partial charge on any atom is -0.451 e. The third-order valence-corrected chi connectivity index (χ3v) is 10.6. The Morgan fingerprint density at radius 3 is 2.82 bits per heavy atom. The number of tetrazole rings is 1. The van der Waals surface area contributed by atoms with Gasteiger partial charge in [0.05, 0.1) is 12.8 Å². The molecule has 0 spiro atoms. The zero-order valence-electron chi connectivity index (χ0n) is 24.0. The van der Waals surface area contributed by atoms with Gasteiger partial charge in [0.25, 0.3) is 5.91 Å². The van der Waals surface area contributed by atoms with Crippen molar-refractivity contribution in [2.24, 2.45) is 10.7 Å². The molecule has 6 rings (SSSR count). The summed E-state index contributed by atoms with van der Waals surface area (Å²) in [6.07, 6.45) is 3.75. The van der Waals surface area contributed by atoms with E-state index in [1.807, 2.05) is 0 Å². The Labute approximate surface area is 256 Å². The molecular weight excluding hydrogens is 610 g/mol. The van der Waals surface area contributed by atoms with Crippen LogP contribution in [-0.2, 0) is 34.3 Å². The molecule has 2 atom stereocenters. The summed E-state index contributed by atoms with van der Waals surface area (Å²) in [4.78, 5) is 36.4. The van der Waals surface area contributed by atoms with Gasteiger partial charge in [-0.25, -0.2) is 13.8 Å². The number of fused-ring (bicyclic) bond motifs is 2. The van der Waals surface area contributed by atoms with Crippen LogP contribution in [0.2, 0.25) is 0 Å². The molecule has 1 fully saturated rings. The van der Waals surface area contributed by atoms with Gasteiger partial charge in [0, 0.05) is 84.7 Å². The number of H-pyrrole nitrogens is 1. The Kier molecular flexibility index (Phi) is 8.14. The van der Waals surface area contributed by atoms with E-state index in [2.05, 4.69) is 47.6 Å². The smallest absolute Gasteiger partial charge is 0.435 e. The molecule has 2 unspecified atom stereocenters. The molecule has 5 heterocycles. The van der Waals surface area contributed by atoms with E-state index >= 15 is 0 Å². The number of amidine groups is 1. The van der Waals surface area contributed by atoms with E-state index in [0.29, 0.717) is 46.6 Å². The normalized spacial score (nSPS) is 19.7. The van der Waals surface area contributed by atoms with E-state index in [1.165, 1.54) is 35.1 Å². The van der Waals surface area contributed by atoms with Crippen LogP contribution in [0.1, 0.15) is 45.1 Å². The van der Waals surface area contributed by atoms with Gasteiger partial charge in [-0.05, 0) is 19.4 Å². The van der Waals surface area contributed by atoms with Crippen molar-refractivity contribution in [2.45, 2.75) is 44.8 Å². The number of hydrogen-bond acceptors (Lipinski definition) is 11. The lowest BCUT2D eigenvalue weighted by Gasteiger charge is -2.40. The number of benzene rings is 1. The van der Waals surface area contributed by atoms with Crippen LogP contribution in [0.5, 0.6) is 0 Å². The van der Waals surface area contributed by atoms with E-state index in [1.54, 1.807) is 23.1 Å². The molecule has 0 radical (unpaired) electrons. The van der Waals surface area contributed by atoms with Crippen LogP contribution in [0, 0.1) is 0 Å². The number of hydrogen-bond donors (Lipinski definition) is 3. The van der Waals surface area contributed by atoms with Gasteiger partial charge in [0.2, 0.25) is 0 Å². The van der Waals surface area contributed by atoms with Crippen LogP contribution in [0.3, 0.4) is 0 Å². The number of nitrogens with two attached hydrogens (primary N) is 1. The Balaban J connectivity index is 1.24. The van der Waals surface area contributed by atoms with Gasteiger partial charge in [-0.2, -0.15) is 22.9 Å². The highest BCUT2D eigenvalue weighted by Crippen LogP contribution is 2.28. The Bertz CT molecular complexity index is 1830. The lowest BCUT2D eigenvalue weighted by atomic mass is 10.1. The highest BCUT2D eigenvalue weighted by molar-refractivity contribution is 7.87. The molecule has 0 saturated carbocycles. The monoisotopic (exact) mass is 641 g/mol. The third-order valence-electron chi connectivity index (χ3n) is 7.76. The number of aryl methyl sites for hydroxylation is 1. The van der Waals surface area contributed by atoms with Crippen molar-refractivity contribution in [3.8, 4) is 0 Å². The SMILES string of the molecule is COC(=O)/N=C(/N)c1ccc2cn(S(=O)(=O)N3CCN(C(=O)c4nc5c(s4)CNC(C)C5)C(CCc4nn[nH]n4)C3)cc2c1. The lowest BCUT2D eigenvalue weighted by Crippen LogP contribution is -2.57. The van der Waals surface area contributed by atoms with E-state index < -0.39 is 22.3 Å². The molecule has 16 nitrogen and oxygen atoms in total. The highest BCUT2D eigenvalue weighted by Gasteiger charge is 2.38. The molecular formula is C26H31N11O5S2. The van der Waals surface area contributed by atoms with Gasteiger partial charge in [-0.15, -0.1) is 21.5 Å². The maximum atomic E-state index is 13.9. The number of nitrogens with one attached hydrogen (secondary N) is 2. The topological polar surface area (TPSA) is 207 Å². The quantitative estimate of drug-likeness (QED) is 0.189. The molecule has 0 bridgehead atoms. The second kappa shape index (κ2) is 12.0. The van der Waals surface area contributed by atoms with Gasteiger partial charge < -0.3 is 20.7 Å². The van der Waals surface area contributed by atoms with Crippen molar-refractivity contribution < 1.29 is 22.7 Å². The second-order valence-corrected chi connectivity index (χ2v) is 13.6. The number of piperazine rings is 1. The maximum Gasteiger partial charge on any atom is 0.435 e. The first kappa shape index (κ1) is 29.8. The molecule has 2 amide bonds. The van der Waals surface area contributed by atoms with Crippen LogP contribution in [-0.4, -0.2) is 104 Å². The summed E-state index contributed by atoms with van der Waals surface area (Å²) in [5.74, 6) is 0.216. The fourth-order valence-electron chi connectivity index (χ4n) is 5.41. The summed E-state index contributed by atoms with van der Waals surface area (Å²) >= 11 is 1.39. The molecule has 0 aliphatic carbocycles. The van der Waals surface area contributed by atoms with Crippen molar-refractivity contribution in [1.29, 1.82) is 0 Å². The standard InChI is InChI=1S/C26H31N11O5S2/c1-15-9-20-21(11-28-15)43-24(29-20)25(38)37-8-7-35(14-19(37)5-6-22-31-33-34-32-22)44(40,41)36-12-17-4-3-16(10-18(17)13-36)23(27)30-26(39)42-2/h3-4,10,12-13,15,19,28H,5-9,11,14H2,1-2H3,(H2,27,30,39)(H,31,32,33,34). The van der Waals surface area contributed by atoms with Crippen molar-refractivity contribution in [3.63, 3.8) is 0 Å². The number of aromatic nitrogens is 6. The molecule has 2 aliphatic rings. The maximum absolute atomic E-state index is 13.9. The Morgan fingerprint density at radius 1 is 1.23 bits per heavy atom. The average molecular weight is 642 g/mol. The van der Waals surface area contributed by atoms with Gasteiger partial charge in [-0.3, -0.25) is 4.79 Å². The molecule has 1 saturated heterocycles. The molecule has 3 aromatic heterocycles. The summed E-state index contributed by atoms with van der Waals surface area (Å²) in [7, 11) is -2.80. The third kappa shape index (κ3) is 5.92. The number of aromatic amines is 1. The number of carbonyl (C=O) groups is 2. The number of rotatable bonds is 7. The van der Waals surface area contributed by atoms with Crippen molar-refractivity contribution in [1.82, 2.24) is 44.1 Å².